The summed E-state index contributed by atoms with van der Waals surface area (Å²) in [7, 11) is -2.45. The molecule has 0 aromatic heterocycles. The van der Waals surface area contributed by atoms with Crippen molar-refractivity contribution in [1.29, 1.82) is 0 Å². The van der Waals surface area contributed by atoms with Crippen LogP contribution in [0.5, 0.6) is 17.2 Å². The third kappa shape index (κ3) is 4.95. The van der Waals surface area contributed by atoms with Crippen LogP contribution >= 0.6 is 0 Å². The molecule has 1 atom stereocenters. The average molecular weight is 491 g/mol. The lowest BCUT2D eigenvalue weighted by atomic mass is 10.1. The Balaban J connectivity index is 1.39. The topological polar surface area (TPSA) is 120 Å². The number of nitrogens with one attached hydrogen (secondary N) is 1. The molecular weight excluding hydrogens is 464 g/mol. The van der Waals surface area contributed by atoms with E-state index in [-0.39, 0.29) is 29.0 Å². The minimum atomic E-state index is -3.82. The second kappa shape index (κ2) is 9.90. The van der Waals surface area contributed by atoms with Gasteiger partial charge in [0.05, 0.1) is 18.7 Å². The maximum absolute atomic E-state index is 13.0. The number of hydrogen-bond acceptors (Lipinski definition) is 8. The minimum Gasteiger partial charge on any atom is -0.495 e. The second-order valence-electron chi connectivity index (χ2n) is 7.95. The lowest BCUT2D eigenvalue weighted by Gasteiger charge is -2.18. The van der Waals surface area contributed by atoms with Crippen LogP contribution in [0.1, 0.15) is 41.7 Å². The third-order valence-electron chi connectivity index (χ3n) is 5.69. The summed E-state index contributed by atoms with van der Waals surface area (Å²) >= 11 is 0. The molecule has 0 bridgehead atoms. The second-order valence-corrected chi connectivity index (χ2v) is 9.86. The summed E-state index contributed by atoms with van der Waals surface area (Å²) in [5.41, 5.74) is 0.811. The summed E-state index contributed by atoms with van der Waals surface area (Å²) in [6.07, 6.45) is 1.56. The molecular formula is C23H26N2O8S. The van der Waals surface area contributed by atoms with Crippen molar-refractivity contribution in [2.24, 2.45) is 0 Å². The Labute approximate surface area is 197 Å². The number of esters is 1. The van der Waals surface area contributed by atoms with Crippen LogP contribution < -0.4 is 19.5 Å². The molecule has 1 saturated heterocycles. The van der Waals surface area contributed by atoms with E-state index in [1.54, 1.807) is 19.1 Å². The number of fused-ring (bicyclic) bond motifs is 1. The molecule has 1 N–H and O–H groups in total. The number of sulfonamides is 1. The molecule has 34 heavy (non-hydrogen) atoms. The van der Waals surface area contributed by atoms with E-state index in [4.69, 9.17) is 18.9 Å². The van der Waals surface area contributed by atoms with E-state index >= 15 is 0 Å². The number of ether oxygens (including phenoxy) is 4. The number of amides is 1. The minimum absolute atomic E-state index is 0.00944. The van der Waals surface area contributed by atoms with E-state index in [0.717, 1.165) is 18.4 Å². The smallest absolute Gasteiger partial charge is 0.338 e. The van der Waals surface area contributed by atoms with Crippen LogP contribution in [0.15, 0.2) is 41.3 Å². The van der Waals surface area contributed by atoms with Gasteiger partial charge in [0.15, 0.2) is 18.1 Å². The van der Waals surface area contributed by atoms with Crippen LogP contribution in [0.25, 0.3) is 0 Å². The average Bonchev–Trinajstić information content (AvgIpc) is 3.54. The largest absolute Gasteiger partial charge is 0.495 e. The number of methoxy groups -OCH3 is 1. The molecule has 2 heterocycles. The van der Waals surface area contributed by atoms with Gasteiger partial charge in [-0.2, -0.15) is 4.31 Å². The van der Waals surface area contributed by atoms with Crippen molar-refractivity contribution in [3.8, 4) is 17.2 Å². The number of carbonyl (C=O) groups excluding carboxylic acids is 2. The summed E-state index contributed by atoms with van der Waals surface area (Å²) < 4.78 is 48.3. The summed E-state index contributed by atoms with van der Waals surface area (Å²) in [5, 5.41) is 2.75. The molecule has 2 aliphatic rings. The van der Waals surface area contributed by atoms with Crippen LogP contribution in [0, 0.1) is 0 Å². The summed E-state index contributed by atoms with van der Waals surface area (Å²) in [6.45, 7) is 2.26. The monoisotopic (exact) mass is 490 g/mol. The van der Waals surface area contributed by atoms with Crippen molar-refractivity contribution in [1.82, 2.24) is 9.62 Å². The van der Waals surface area contributed by atoms with Crippen molar-refractivity contribution >= 4 is 21.9 Å². The summed E-state index contributed by atoms with van der Waals surface area (Å²) in [4.78, 5) is 24.8. The third-order valence-corrected chi connectivity index (χ3v) is 7.61. The van der Waals surface area contributed by atoms with Gasteiger partial charge in [0, 0.05) is 13.1 Å². The number of carbonyl (C=O) groups is 2. The highest BCUT2D eigenvalue weighted by Gasteiger charge is 2.31. The zero-order valence-corrected chi connectivity index (χ0v) is 19.7. The quantitative estimate of drug-likeness (QED) is 0.560. The molecule has 10 nitrogen and oxygen atoms in total. The molecule has 2 aliphatic heterocycles. The van der Waals surface area contributed by atoms with Crippen molar-refractivity contribution in [2.75, 3.05) is 33.6 Å². The number of hydrogen-bond donors (Lipinski definition) is 1. The molecule has 1 unspecified atom stereocenters. The van der Waals surface area contributed by atoms with Crippen LogP contribution in [-0.4, -0.2) is 58.2 Å². The molecule has 0 aliphatic carbocycles. The van der Waals surface area contributed by atoms with Gasteiger partial charge in [0.1, 0.15) is 10.6 Å². The van der Waals surface area contributed by atoms with Gasteiger partial charge < -0.3 is 24.3 Å². The van der Waals surface area contributed by atoms with Gasteiger partial charge in [-0.05, 0) is 55.7 Å². The van der Waals surface area contributed by atoms with Crippen molar-refractivity contribution in [2.45, 2.75) is 30.7 Å². The highest BCUT2D eigenvalue weighted by Crippen LogP contribution is 2.34. The lowest BCUT2D eigenvalue weighted by Crippen LogP contribution is -2.31. The zero-order chi connectivity index (χ0) is 24.3. The molecule has 1 amide bonds. The Hall–Kier alpha value is -3.31. The van der Waals surface area contributed by atoms with Crippen LogP contribution in [-0.2, 0) is 19.6 Å². The van der Waals surface area contributed by atoms with E-state index < -0.39 is 28.5 Å². The van der Waals surface area contributed by atoms with E-state index in [0.29, 0.717) is 24.6 Å². The fourth-order valence-corrected chi connectivity index (χ4v) is 5.53. The van der Waals surface area contributed by atoms with Gasteiger partial charge in [-0.15, -0.1) is 0 Å². The van der Waals surface area contributed by atoms with Crippen molar-refractivity contribution < 1.29 is 37.0 Å². The molecule has 2 aromatic rings. The van der Waals surface area contributed by atoms with E-state index in [1.807, 2.05) is 6.07 Å². The van der Waals surface area contributed by atoms with Crippen LogP contribution in [0.4, 0.5) is 0 Å². The van der Waals surface area contributed by atoms with E-state index in [2.05, 4.69) is 5.32 Å². The van der Waals surface area contributed by atoms with Crippen molar-refractivity contribution in [3.05, 3.63) is 47.5 Å². The molecule has 0 saturated carbocycles. The number of nitrogens with zero attached hydrogens (tertiary/aromatic N) is 1. The molecule has 1 fully saturated rings. The Morgan fingerprint density at radius 2 is 1.82 bits per heavy atom. The van der Waals surface area contributed by atoms with Crippen molar-refractivity contribution in [3.63, 3.8) is 0 Å². The van der Waals surface area contributed by atoms with Gasteiger partial charge in [0.25, 0.3) is 5.91 Å². The molecule has 0 spiro atoms. The maximum Gasteiger partial charge on any atom is 0.338 e. The molecule has 11 heteroatoms. The molecule has 182 valence electrons. The Morgan fingerprint density at radius 3 is 2.56 bits per heavy atom. The van der Waals surface area contributed by atoms with Crippen LogP contribution in [0.2, 0.25) is 0 Å². The predicted octanol–water partition coefficient (Wildman–Crippen LogP) is 2.24. The van der Waals surface area contributed by atoms with Gasteiger partial charge in [-0.3, -0.25) is 4.79 Å². The van der Waals surface area contributed by atoms with Gasteiger partial charge in [-0.1, -0.05) is 6.07 Å². The Morgan fingerprint density at radius 1 is 1.09 bits per heavy atom. The first-order chi connectivity index (χ1) is 16.3. The van der Waals surface area contributed by atoms with E-state index in [9.17, 15) is 18.0 Å². The Bertz CT molecular complexity index is 1190. The highest BCUT2D eigenvalue weighted by atomic mass is 32.2. The van der Waals surface area contributed by atoms with Crippen LogP contribution in [0.3, 0.4) is 0 Å². The lowest BCUT2D eigenvalue weighted by molar-refractivity contribution is -0.124. The molecule has 4 rings (SSSR count). The maximum atomic E-state index is 13.0. The molecule has 2 aromatic carbocycles. The van der Waals surface area contributed by atoms with Gasteiger partial charge >= 0.3 is 5.97 Å². The first-order valence-electron chi connectivity index (χ1n) is 10.8. The predicted molar refractivity (Wildman–Crippen MR) is 120 cm³/mol. The first kappa shape index (κ1) is 23.8. The standard InChI is InChI=1S/C23H26N2O8S/c1-15(16-5-7-18-20(11-16)33-14-32-18)24-22(26)13-31-23(27)17-6-8-19(30-2)21(12-17)34(28,29)25-9-3-4-10-25/h5-8,11-12,15H,3-4,9-10,13-14H2,1-2H3,(H,24,26). The highest BCUT2D eigenvalue weighted by molar-refractivity contribution is 7.89. The number of benzene rings is 2. The Kier molecular flexibility index (Phi) is 6.94. The molecule has 0 radical (unpaired) electrons. The first-order valence-corrected chi connectivity index (χ1v) is 12.3. The van der Waals surface area contributed by atoms with Gasteiger partial charge in [-0.25, -0.2) is 13.2 Å². The summed E-state index contributed by atoms with van der Waals surface area (Å²) in [6, 6.07) is 9.01. The van der Waals surface area contributed by atoms with Gasteiger partial charge in [0.2, 0.25) is 16.8 Å². The fourth-order valence-electron chi connectivity index (χ4n) is 3.84. The normalized spacial score (nSPS) is 16.2. The number of rotatable bonds is 8. The summed E-state index contributed by atoms with van der Waals surface area (Å²) in [5.74, 6) is 0.0631. The van der Waals surface area contributed by atoms with E-state index in [1.165, 1.54) is 29.6 Å². The fraction of sp³-hybridized carbons (Fsp3) is 0.391. The SMILES string of the molecule is COc1ccc(C(=O)OCC(=O)NC(C)c2ccc3c(c2)OCO3)cc1S(=O)(=O)N1CCCC1. The zero-order valence-electron chi connectivity index (χ0n) is 18.9.